The summed E-state index contributed by atoms with van der Waals surface area (Å²) in [5.74, 6) is -0.360. The molecule has 0 amide bonds. The molecule has 4 heteroatoms. The van der Waals surface area contributed by atoms with Crippen LogP contribution >= 0.6 is 0 Å². The smallest absolute Gasteiger partial charge is 0.169 e. The zero-order chi connectivity index (χ0) is 33.0. The Hall–Kier alpha value is -1.20. The molecule has 0 spiro atoms. The van der Waals surface area contributed by atoms with Gasteiger partial charge in [-0.2, -0.15) is 5.06 Å². The predicted molar refractivity (Wildman–Crippen MR) is 199 cm³/mol. The second-order valence-electron chi connectivity index (χ2n) is 14.2. The van der Waals surface area contributed by atoms with E-state index in [2.05, 4.69) is 62.5 Å². The van der Waals surface area contributed by atoms with Crippen LogP contribution < -0.4 is 0 Å². The van der Waals surface area contributed by atoms with Crippen molar-refractivity contribution in [1.82, 2.24) is 5.06 Å². The van der Waals surface area contributed by atoms with Gasteiger partial charge >= 0.3 is 0 Å². The van der Waals surface area contributed by atoms with Crippen molar-refractivity contribution in [3.63, 3.8) is 0 Å². The van der Waals surface area contributed by atoms with Crippen molar-refractivity contribution in [2.45, 2.75) is 205 Å². The summed E-state index contributed by atoms with van der Waals surface area (Å²) in [4.78, 5) is 5.95. The van der Waals surface area contributed by atoms with Gasteiger partial charge in [0.05, 0.1) is 18.3 Å². The molecule has 2 rings (SSSR count). The fourth-order valence-electron chi connectivity index (χ4n) is 6.89. The fraction of sp³-hybridized carbons (Fsp3) is 0.810. The average molecular weight is 642 g/mol. The van der Waals surface area contributed by atoms with Gasteiger partial charge in [-0.3, -0.25) is 4.84 Å². The molecule has 2 fully saturated rings. The average Bonchev–Trinajstić information content (AvgIpc) is 3.55. The third kappa shape index (κ3) is 20.2. The van der Waals surface area contributed by atoms with Crippen LogP contribution in [0, 0.1) is 0 Å². The predicted octanol–water partition coefficient (Wildman–Crippen LogP) is 12.7. The molecule has 4 nitrogen and oxygen atoms in total. The molecule has 1 aliphatic carbocycles. The highest BCUT2D eigenvalue weighted by molar-refractivity contribution is 4.95. The Labute approximate surface area is 286 Å². The van der Waals surface area contributed by atoms with Gasteiger partial charge in [0.15, 0.2) is 5.79 Å². The molecule has 46 heavy (non-hydrogen) atoms. The maximum Gasteiger partial charge on any atom is 0.169 e. The van der Waals surface area contributed by atoms with Gasteiger partial charge in [0.25, 0.3) is 0 Å². The van der Waals surface area contributed by atoms with Crippen LogP contribution in [-0.4, -0.2) is 43.3 Å². The van der Waals surface area contributed by atoms with Gasteiger partial charge in [-0.05, 0) is 70.6 Å². The van der Waals surface area contributed by atoms with Crippen LogP contribution in [0.5, 0.6) is 0 Å². The number of unbranched alkanes of at least 4 members (excludes halogenated alkanes) is 16. The van der Waals surface area contributed by atoms with Gasteiger partial charge in [0.1, 0.15) is 0 Å². The Balaban J connectivity index is 1.59. The monoisotopic (exact) mass is 642 g/mol. The molecule has 0 aromatic heterocycles. The standard InChI is InChI=1S/C42H75NO3/c1-5-7-9-11-13-15-17-19-21-22-24-26-28-30-32-34-36-42(44-40-37-39(46-43(3)4)38-41(40)45-42)35-33-31-29-27-25-23-20-18-16-14-12-10-8-6-2/h12-15,18-21,39-41H,5-11,16-17,22-38H2,1-4H3/b14-12+,15-13-,20-18+,21-19-. The Kier molecular flexibility index (Phi) is 24.7. The minimum Gasteiger partial charge on any atom is -0.344 e. The quantitative estimate of drug-likeness (QED) is 0.0443. The number of hydrogen-bond acceptors (Lipinski definition) is 4. The summed E-state index contributed by atoms with van der Waals surface area (Å²) >= 11 is 0. The Morgan fingerprint density at radius 1 is 0.522 bits per heavy atom. The van der Waals surface area contributed by atoms with Crippen LogP contribution in [0.4, 0.5) is 0 Å². The van der Waals surface area contributed by atoms with Crippen LogP contribution in [0.3, 0.4) is 0 Å². The minimum atomic E-state index is -0.360. The number of allylic oxidation sites excluding steroid dienone is 8. The highest BCUT2D eigenvalue weighted by atomic mass is 16.8. The molecule has 1 saturated carbocycles. The van der Waals surface area contributed by atoms with Crippen molar-refractivity contribution in [1.29, 1.82) is 0 Å². The van der Waals surface area contributed by atoms with Gasteiger partial charge < -0.3 is 9.47 Å². The van der Waals surface area contributed by atoms with Gasteiger partial charge in [-0.1, -0.05) is 133 Å². The molecule has 266 valence electrons. The molecular formula is C42H75NO3. The first-order valence-corrected chi connectivity index (χ1v) is 19.9. The van der Waals surface area contributed by atoms with E-state index in [1.807, 2.05) is 19.2 Å². The first-order chi connectivity index (χ1) is 22.6. The topological polar surface area (TPSA) is 30.9 Å². The van der Waals surface area contributed by atoms with E-state index >= 15 is 0 Å². The number of ether oxygens (including phenoxy) is 2. The molecule has 2 atom stereocenters. The largest absolute Gasteiger partial charge is 0.344 e. The van der Waals surface area contributed by atoms with E-state index in [-0.39, 0.29) is 24.1 Å². The molecule has 0 radical (unpaired) electrons. The molecule has 0 aromatic rings. The summed E-state index contributed by atoms with van der Waals surface area (Å²) in [5, 5.41) is 1.82. The van der Waals surface area contributed by atoms with Gasteiger partial charge in [-0.25, -0.2) is 0 Å². The van der Waals surface area contributed by atoms with Gasteiger partial charge in [0, 0.05) is 39.8 Å². The van der Waals surface area contributed by atoms with Crippen molar-refractivity contribution < 1.29 is 14.3 Å². The zero-order valence-electron chi connectivity index (χ0n) is 30.9. The molecule has 1 saturated heterocycles. The number of rotatable bonds is 30. The maximum absolute atomic E-state index is 6.77. The summed E-state index contributed by atoms with van der Waals surface area (Å²) < 4.78 is 13.5. The second-order valence-corrected chi connectivity index (χ2v) is 14.2. The van der Waals surface area contributed by atoms with Crippen LogP contribution in [0.25, 0.3) is 0 Å². The van der Waals surface area contributed by atoms with E-state index in [1.54, 1.807) is 0 Å². The third-order valence-electron chi connectivity index (χ3n) is 9.51. The SMILES string of the molecule is CCCC/C=C/C/C=C/CCCCCCCC1(CCCCCCCC/C=C\C/C=C\CCCCC)OC2CC(ON(C)C)CC2O1. The summed E-state index contributed by atoms with van der Waals surface area (Å²) in [6, 6.07) is 0. The lowest BCUT2D eigenvalue weighted by Crippen LogP contribution is -2.33. The van der Waals surface area contributed by atoms with Crippen LogP contribution in [0.2, 0.25) is 0 Å². The molecule has 2 aliphatic rings. The van der Waals surface area contributed by atoms with Crippen molar-refractivity contribution >= 4 is 0 Å². The lowest BCUT2D eigenvalue weighted by molar-refractivity contribution is -0.213. The lowest BCUT2D eigenvalue weighted by atomic mass is 9.98. The number of hydroxylamine groups is 2. The second kappa shape index (κ2) is 27.7. The third-order valence-corrected chi connectivity index (χ3v) is 9.51. The summed E-state index contributed by atoms with van der Waals surface area (Å²) in [6.45, 7) is 4.52. The zero-order valence-corrected chi connectivity index (χ0v) is 30.9. The summed E-state index contributed by atoms with van der Waals surface area (Å²) in [7, 11) is 3.93. The highest BCUT2D eigenvalue weighted by Gasteiger charge is 2.51. The van der Waals surface area contributed by atoms with E-state index in [0.717, 1.165) is 38.5 Å². The minimum absolute atomic E-state index is 0.197. The van der Waals surface area contributed by atoms with Crippen molar-refractivity contribution in [2.75, 3.05) is 14.1 Å². The molecule has 0 bridgehead atoms. The van der Waals surface area contributed by atoms with Crippen LogP contribution in [0.1, 0.15) is 181 Å². The molecule has 1 aliphatic heterocycles. The Morgan fingerprint density at radius 3 is 1.35 bits per heavy atom. The molecular weight excluding hydrogens is 566 g/mol. The molecule has 0 N–H and O–H groups in total. The Bertz CT molecular complexity index is 802. The van der Waals surface area contributed by atoms with Crippen LogP contribution in [-0.2, 0) is 14.3 Å². The van der Waals surface area contributed by atoms with E-state index in [9.17, 15) is 0 Å². The van der Waals surface area contributed by atoms with E-state index < -0.39 is 0 Å². The molecule has 0 aromatic carbocycles. The normalized spacial score (nSPS) is 23.5. The van der Waals surface area contributed by atoms with E-state index in [1.165, 1.54) is 128 Å². The van der Waals surface area contributed by atoms with E-state index in [4.69, 9.17) is 14.3 Å². The number of nitrogens with zero attached hydrogens (tertiary/aromatic N) is 1. The number of hydrogen-bond donors (Lipinski definition) is 0. The van der Waals surface area contributed by atoms with Gasteiger partial charge in [-0.15, -0.1) is 0 Å². The molecule has 2 unspecified atom stereocenters. The van der Waals surface area contributed by atoms with E-state index in [0.29, 0.717) is 0 Å². The van der Waals surface area contributed by atoms with Crippen LogP contribution in [0.15, 0.2) is 48.6 Å². The van der Waals surface area contributed by atoms with Crippen molar-refractivity contribution in [2.24, 2.45) is 0 Å². The fourth-order valence-corrected chi connectivity index (χ4v) is 6.89. The Morgan fingerprint density at radius 2 is 0.913 bits per heavy atom. The molecule has 1 heterocycles. The number of fused-ring (bicyclic) bond motifs is 1. The first-order valence-electron chi connectivity index (χ1n) is 19.9. The van der Waals surface area contributed by atoms with Crippen molar-refractivity contribution in [3.8, 4) is 0 Å². The van der Waals surface area contributed by atoms with Gasteiger partial charge in [0.2, 0.25) is 0 Å². The summed E-state index contributed by atoms with van der Waals surface area (Å²) in [5.41, 5.74) is 0. The first kappa shape index (κ1) is 41.0. The summed E-state index contributed by atoms with van der Waals surface area (Å²) in [6.07, 6.45) is 51.3. The maximum atomic E-state index is 6.77. The highest BCUT2D eigenvalue weighted by Crippen LogP contribution is 2.44. The lowest BCUT2D eigenvalue weighted by Gasteiger charge is -2.30. The van der Waals surface area contributed by atoms with Crippen molar-refractivity contribution in [3.05, 3.63) is 48.6 Å².